The van der Waals surface area contributed by atoms with Crippen molar-refractivity contribution in [2.24, 2.45) is 5.92 Å². The number of hydrogen-bond donors (Lipinski definition) is 2. The van der Waals surface area contributed by atoms with Crippen LogP contribution < -0.4 is 15.5 Å². The summed E-state index contributed by atoms with van der Waals surface area (Å²) in [5, 5.41) is 17.2. The number of carbonyl (C=O) groups is 1. The predicted molar refractivity (Wildman–Crippen MR) is 111 cm³/mol. The summed E-state index contributed by atoms with van der Waals surface area (Å²) in [5.41, 5.74) is 0.234. The molecule has 0 atom stereocenters. The molecule has 0 saturated heterocycles. The molecule has 0 unspecified atom stereocenters. The highest BCUT2D eigenvalue weighted by molar-refractivity contribution is 5.94. The minimum atomic E-state index is -0.497. The molecule has 0 spiro atoms. The highest BCUT2D eigenvalue weighted by Crippen LogP contribution is 2.26. The number of nitro benzene ring substituents is 1. The fourth-order valence-corrected chi connectivity index (χ4v) is 3.46. The van der Waals surface area contributed by atoms with Crippen LogP contribution in [0.2, 0.25) is 0 Å². The van der Waals surface area contributed by atoms with E-state index in [1.54, 1.807) is 12.3 Å². The Morgan fingerprint density at radius 2 is 2.00 bits per heavy atom. The molecule has 1 amide bonds. The van der Waals surface area contributed by atoms with E-state index in [4.69, 9.17) is 0 Å². The molecule has 1 aromatic heterocycles. The molecule has 9 nitrogen and oxygen atoms in total. The Morgan fingerprint density at radius 1 is 1.24 bits per heavy atom. The summed E-state index contributed by atoms with van der Waals surface area (Å²) in [4.78, 5) is 33.4. The zero-order chi connectivity index (χ0) is 20.8. The maximum absolute atomic E-state index is 12.3. The number of rotatable bonds is 7. The number of non-ortho nitro benzene ring substituents is 1. The van der Waals surface area contributed by atoms with Gasteiger partial charge in [-0.1, -0.05) is 6.07 Å². The van der Waals surface area contributed by atoms with Gasteiger partial charge in [-0.25, -0.2) is 4.98 Å². The second kappa shape index (κ2) is 9.31. The van der Waals surface area contributed by atoms with E-state index in [1.165, 1.54) is 18.2 Å². The minimum absolute atomic E-state index is 0.0789. The maximum Gasteiger partial charge on any atom is 0.270 e. The summed E-state index contributed by atoms with van der Waals surface area (Å²) in [7, 11) is 3.89. The smallest absolute Gasteiger partial charge is 0.270 e. The fraction of sp³-hybridized carbons (Fsp3) is 0.450. The molecule has 1 aliphatic carbocycles. The number of carbonyl (C=O) groups excluding carboxylic acids is 1. The van der Waals surface area contributed by atoms with Gasteiger partial charge in [-0.15, -0.1) is 0 Å². The Bertz CT molecular complexity index is 865. The van der Waals surface area contributed by atoms with Crippen LogP contribution in [0.15, 0.2) is 36.5 Å². The lowest BCUT2D eigenvalue weighted by Crippen LogP contribution is -2.34. The van der Waals surface area contributed by atoms with E-state index in [-0.39, 0.29) is 11.6 Å². The summed E-state index contributed by atoms with van der Waals surface area (Å²) in [5.74, 6) is 1.62. The second-order valence-electron chi connectivity index (χ2n) is 7.51. The first kappa shape index (κ1) is 20.5. The SMILES string of the molecule is CN(C)c1ccnc(N[C@H]2CC[C@@H](CNC(=O)c3cccc([N+](=O)[O-])c3)CC2)n1. The predicted octanol–water partition coefficient (Wildman–Crippen LogP) is 2.85. The number of nitro groups is 1. The van der Waals surface area contributed by atoms with Crippen LogP contribution in [0.1, 0.15) is 36.0 Å². The standard InChI is InChI=1S/C20H26N6O3/c1-25(2)18-10-11-21-20(24-18)23-16-8-6-14(7-9-16)13-22-19(27)15-4-3-5-17(12-15)26(28)29/h3-5,10-12,14,16H,6-9,13H2,1-2H3,(H,22,27)(H,21,23,24)/t14-,16+. The quantitative estimate of drug-likeness (QED) is 0.544. The van der Waals surface area contributed by atoms with E-state index in [0.29, 0.717) is 30.0 Å². The average molecular weight is 398 g/mol. The molecule has 2 N–H and O–H groups in total. The molecule has 3 rings (SSSR count). The molecule has 1 fully saturated rings. The van der Waals surface area contributed by atoms with Crippen molar-refractivity contribution < 1.29 is 9.72 Å². The zero-order valence-corrected chi connectivity index (χ0v) is 16.7. The molecule has 1 aliphatic rings. The number of nitrogens with zero attached hydrogens (tertiary/aromatic N) is 4. The van der Waals surface area contributed by atoms with Gasteiger partial charge in [-0.3, -0.25) is 14.9 Å². The lowest BCUT2D eigenvalue weighted by atomic mass is 9.86. The summed E-state index contributed by atoms with van der Waals surface area (Å²) in [6.07, 6.45) is 5.68. The fourth-order valence-electron chi connectivity index (χ4n) is 3.46. The first-order valence-corrected chi connectivity index (χ1v) is 9.72. The lowest BCUT2D eigenvalue weighted by molar-refractivity contribution is -0.384. The van der Waals surface area contributed by atoms with Gasteiger partial charge in [0, 0.05) is 50.6 Å². The molecule has 0 radical (unpaired) electrons. The first-order chi connectivity index (χ1) is 13.9. The third-order valence-corrected chi connectivity index (χ3v) is 5.15. The van der Waals surface area contributed by atoms with E-state index < -0.39 is 4.92 Å². The van der Waals surface area contributed by atoms with Crippen molar-refractivity contribution in [1.82, 2.24) is 15.3 Å². The molecule has 0 bridgehead atoms. The van der Waals surface area contributed by atoms with Gasteiger partial charge in [-0.05, 0) is 43.7 Å². The highest BCUT2D eigenvalue weighted by Gasteiger charge is 2.22. The Labute approximate surface area is 169 Å². The molecular formula is C20H26N6O3. The van der Waals surface area contributed by atoms with Gasteiger partial charge in [0.15, 0.2) is 0 Å². The molecule has 29 heavy (non-hydrogen) atoms. The highest BCUT2D eigenvalue weighted by atomic mass is 16.6. The Balaban J connectivity index is 1.45. The minimum Gasteiger partial charge on any atom is -0.363 e. The van der Waals surface area contributed by atoms with Crippen LogP contribution in [0.4, 0.5) is 17.5 Å². The van der Waals surface area contributed by atoms with Crippen molar-refractivity contribution in [2.45, 2.75) is 31.7 Å². The van der Waals surface area contributed by atoms with Crippen molar-refractivity contribution in [3.05, 3.63) is 52.2 Å². The Morgan fingerprint density at radius 3 is 2.69 bits per heavy atom. The van der Waals surface area contributed by atoms with Crippen molar-refractivity contribution in [3.8, 4) is 0 Å². The number of hydrogen-bond acceptors (Lipinski definition) is 7. The lowest BCUT2D eigenvalue weighted by Gasteiger charge is -2.29. The number of anilines is 2. The van der Waals surface area contributed by atoms with E-state index in [1.807, 2.05) is 25.1 Å². The van der Waals surface area contributed by atoms with Crippen LogP contribution >= 0.6 is 0 Å². The van der Waals surface area contributed by atoms with Gasteiger partial charge in [0.1, 0.15) is 5.82 Å². The number of benzene rings is 1. The normalized spacial score (nSPS) is 18.7. The molecular weight excluding hydrogens is 372 g/mol. The molecule has 1 saturated carbocycles. The van der Waals surface area contributed by atoms with Crippen LogP contribution in [0.5, 0.6) is 0 Å². The van der Waals surface area contributed by atoms with Gasteiger partial charge in [0.2, 0.25) is 5.95 Å². The topological polar surface area (TPSA) is 113 Å². The van der Waals surface area contributed by atoms with Gasteiger partial charge in [0.25, 0.3) is 11.6 Å². The van der Waals surface area contributed by atoms with Gasteiger partial charge >= 0.3 is 0 Å². The first-order valence-electron chi connectivity index (χ1n) is 9.72. The van der Waals surface area contributed by atoms with E-state index in [0.717, 1.165) is 31.5 Å². The number of amides is 1. The summed E-state index contributed by atoms with van der Waals surface area (Å²) >= 11 is 0. The molecule has 2 aromatic rings. The van der Waals surface area contributed by atoms with Gasteiger partial charge in [-0.2, -0.15) is 4.98 Å². The maximum atomic E-state index is 12.3. The molecule has 9 heteroatoms. The number of nitrogens with one attached hydrogen (secondary N) is 2. The summed E-state index contributed by atoms with van der Waals surface area (Å²) < 4.78 is 0. The molecule has 0 aliphatic heterocycles. The van der Waals surface area contributed by atoms with Crippen molar-refractivity contribution >= 4 is 23.4 Å². The Hall–Kier alpha value is -3.23. The van der Waals surface area contributed by atoms with Crippen LogP contribution in [0, 0.1) is 16.0 Å². The van der Waals surface area contributed by atoms with Gasteiger partial charge in [0.05, 0.1) is 4.92 Å². The second-order valence-corrected chi connectivity index (χ2v) is 7.51. The van der Waals surface area contributed by atoms with E-state index in [9.17, 15) is 14.9 Å². The molecule has 1 aromatic carbocycles. The molecule has 154 valence electrons. The van der Waals surface area contributed by atoms with Crippen molar-refractivity contribution in [3.63, 3.8) is 0 Å². The van der Waals surface area contributed by atoms with Crippen molar-refractivity contribution in [2.75, 3.05) is 30.9 Å². The van der Waals surface area contributed by atoms with E-state index in [2.05, 4.69) is 20.6 Å². The van der Waals surface area contributed by atoms with Crippen LogP contribution in [-0.2, 0) is 0 Å². The zero-order valence-electron chi connectivity index (χ0n) is 16.7. The van der Waals surface area contributed by atoms with Gasteiger partial charge < -0.3 is 15.5 Å². The third-order valence-electron chi connectivity index (χ3n) is 5.15. The Kier molecular flexibility index (Phi) is 6.58. The van der Waals surface area contributed by atoms with Crippen molar-refractivity contribution in [1.29, 1.82) is 0 Å². The van der Waals surface area contributed by atoms with Crippen LogP contribution in [-0.4, -0.2) is 47.5 Å². The summed E-state index contributed by atoms with van der Waals surface area (Å²) in [6, 6.07) is 7.98. The summed E-state index contributed by atoms with van der Waals surface area (Å²) in [6.45, 7) is 0.570. The van der Waals surface area contributed by atoms with Crippen LogP contribution in [0.3, 0.4) is 0 Å². The third kappa shape index (κ3) is 5.63. The van der Waals surface area contributed by atoms with Crippen LogP contribution in [0.25, 0.3) is 0 Å². The number of aromatic nitrogens is 2. The molecule has 1 heterocycles. The average Bonchev–Trinajstić information content (AvgIpc) is 2.73. The largest absolute Gasteiger partial charge is 0.363 e. The van der Waals surface area contributed by atoms with E-state index >= 15 is 0 Å². The monoisotopic (exact) mass is 398 g/mol.